The van der Waals surface area contributed by atoms with E-state index in [0.29, 0.717) is 0 Å². The highest BCUT2D eigenvalue weighted by molar-refractivity contribution is 5.55. The average Bonchev–Trinajstić information content (AvgIpc) is 2.29. The van der Waals surface area contributed by atoms with Crippen LogP contribution < -0.4 is 9.47 Å². The molecule has 1 saturated heterocycles. The van der Waals surface area contributed by atoms with E-state index in [2.05, 4.69) is 26.8 Å². The fraction of sp³-hybridized carbons (Fsp3) is 0.571. The molecule has 0 aromatic heterocycles. The molecule has 3 nitrogen and oxygen atoms in total. The lowest BCUT2D eigenvalue weighted by Crippen LogP contribution is -2.44. The van der Waals surface area contributed by atoms with Gasteiger partial charge >= 0.3 is 0 Å². The first-order valence-corrected chi connectivity index (χ1v) is 5.84. The third kappa shape index (κ3) is 1.78. The van der Waals surface area contributed by atoms with Crippen LogP contribution in [0.1, 0.15) is 23.6 Å². The van der Waals surface area contributed by atoms with Gasteiger partial charge in [0.05, 0.1) is 27.4 Å². The number of hydrogen-bond acceptors (Lipinski definition) is 3. The van der Waals surface area contributed by atoms with E-state index in [4.69, 9.17) is 14.2 Å². The van der Waals surface area contributed by atoms with Gasteiger partial charge in [-0.3, -0.25) is 0 Å². The molecule has 1 fully saturated rings. The van der Waals surface area contributed by atoms with Crippen molar-refractivity contribution in [3.8, 4) is 11.5 Å². The van der Waals surface area contributed by atoms with E-state index >= 15 is 0 Å². The van der Waals surface area contributed by atoms with Crippen molar-refractivity contribution in [2.75, 3.05) is 27.4 Å². The fourth-order valence-electron chi connectivity index (χ4n) is 2.35. The Hall–Kier alpha value is -1.22. The predicted molar refractivity (Wildman–Crippen MR) is 67.2 cm³/mol. The summed E-state index contributed by atoms with van der Waals surface area (Å²) in [5, 5.41) is 0. The summed E-state index contributed by atoms with van der Waals surface area (Å²) < 4.78 is 16.3. The normalized spacial score (nSPS) is 17.5. The smallest absolute Gasteiger partial charge is 0.126 e. The molecule has 1 aliphatic heterocycles. The molecule has 0 bridgehead atoms. The zero-order valence-corrected chi connectivity index (χ0v) is 11.2. The molecule has 1 aromatic rings. The Morgan fingerprint density at radius 3 is 2.18 bits per heavy atom. The minimum Gasteiger partial charge on any atom is -0.496 e. The van der Waals surface area contributed by atoms with E-state index in [9.17, 15) is 0 Å². The third-order valence-corrected chi connectivity index (χ3v) is 3.71. The van der Waals surface area contributed by atoms with E-state index in [1.165, 1.54) is 5.56 Å². The van der Waals surface area contributed by atoms with Gasteiger partial charge in [0.15, 0.2) is 0 Å². The molecular formula is C14H20O3. The Kier molecular flexibility index (Phi) is 3.04. The summed E-state index contributed by atoms with van der Waals surface area (Å²) in [5.74, 6) is 1.89. The zero-order valence-electron chi connectivity index (χ0n) is 11.2. The lowest BCUT2D eigenvalue weighted by molar-refractivity contribution is -0.0510. The van der Waals surface area contributed by atoms with E-state index in [1.807, 2.05) is 0 Å². The monoisotopic (exact) mass is 236 g/mol. The molecule has 3 heteroatoms. The van der Waals surface area contributed by atoms with E-state index < -0.39 is 0 Å². The first kappa shape index (κ1) is 12.2. The fourth-order valence-corrected chi connectivity index (χ4v) is 2.35. The maximum absolute atomic E-state index is 5.57. The Bertz CT molecular complexity index is 434. The standard InChI is InChI=1S/C14H20O3/c1-9-10(2)13(16-5)11(6-12(9)15-4)14(3)7-17-8-14/h6H,7-8H2,1-5H3. The molecule has 0 unspecified atom stereocenters. The van der Waals surface area contributed by atoms with Crippen LogP contribution in [0.15, 0.2) is 6.07 Å². The van der Waals surface area contributed by atoms with E-state index in [0.717, 1.165) is 35.8 Å². The summed E-state index contributed by atoms with van der Waals surface area (Å²) in [4.78, 5) is 0. The van der Waals surface area contributed by atoms with Gasteiger partial charge < -0.3 is 14.2 Å². The molecule has 0 aliphatic carbocycles. The maximum atomic E-state index is 5.57. The van der Waals surface area contributed by atoms with Gasteiger partial charge in [-0.25, -0.2) is 0 Å². The minimum atomic E-state index is 0.0527. The number of hydrogen-bond donors (Lipinski definition) is 0. The zero-order chi connectivity index (χ0) is 12.6. The van der Waals surface area contributed by atoms with E-state index in [-0.39, 0.29) is 5.41 Å². The first-order chi connectivity index (χ1) is 8.03. The molecular weight excluding hydrogens is 216 g/mol. The Labute approximate surface area is 103 Å². The first-order valence-electron chi connectivity index (χ1n) is 5.84. The second-order valence-electron chi connectivity index (χ2n) is 4.96. The van der Waals surface area contributed by atoms with Crippen molar-refractivity contribution >= 4 is 0 Å². The van der Waals surface area contributed by atoms with Crippen LogP contribution >= 0.6 is 0 Å². The highest BCUT2D eigenvalue weighted by Crippen LogP contribution is 2.43. The van der Waals surface area contributed by atoms with Crippen molar-refractivity contribution in [2.45, 2.75) is 26.2 Å². The Balaban J connectivity index is 2.60. The molecule has 2 rings (SSSR count). The number of rotatable bonds is 3. The Morgan fingerprint density at radius 2 is 1.76 bits per heavy atom. The molecule has 17 heavy (non-hydrogen) atoms. The second kappa shape index (κ2) is 4.22. The van der Waals surface area contributed by atoms with Crippen molar-refractivity contribution in [3.05, 3.63) is 22.8 Å². The van der Waals surface area contributed by atoms with Crippen LogP contribution in [0.2, 0.25) is 0 Å². The molecule has 1 aliphatic rings. The van der Waals surface area contributed by atoms with Gasteiger partial charge in [0.25, 0.3) is 0 Å². The van der Waals surface area contributed by atoms with Crippen molar-refractivity contribution in [2.24, 2.45) is 0 Å². The topological polar surface area (TPSA) is 27.7 Å². The highest BCUT2D eigenvalue weighted by Gasteiger charge is 2.38. The summed E-state index contributed by atoms with van der Waals surface area (Å²) in [6.07, 6.45) is 0. The van der Waals surface area contributed by atoms with Crippen molar-refractivity contribution in [3.63, 3.8) is 0 Å². The van der Waals surface area contributed by atoms with Crippen LogP contribution in [-0.4, -0.2) is 27.4 Å². The molecule has 0 amide bonds. The van der Waals surface area contributed by atoms with Crippen LogP contribution in [0.5, 0.6) is 11.5 Å². The van der Waals surface area contributed by atoms with Crippen molar-refractivity contribution in [1.29, 1.82) is 0 Å². The van der Waals surface area contributed by atoms with Gasteiger partial charge in [0, 0.05) is 11.0 Å². The molecule has 1 heterocycles. The molecule has 0 radical (unpaired) electrons. The molecule has 0 spiro atoms. The summed E-state index contributed by atoms with van der Waals surface area (Å²) in [6.45, 7) is 7.82. The number of benzene rings is 1. The summed E-state index contributed by atoms with van der Waals surface area (Å²) in [5.41, 5.74) is 3.52. The van der Waals surface area contributed by atoms with E-state index in [1.54, 1.807) is 14.2 Å². The van der Waals surface area contributed by atoms with Crippen LogP contribution in [0, 0.1) is 13.8 Å². The lowest BCUT2D eigenvalue weighted by Gasteiger charge is -2.40. The van der Waals surface area contributed by atoms with Crippen LogP contribution in [0.4, 0.5) is 0 Å². The molecule has 0 saturated carbocycles. The summed E-state index contributed by atoms with van der Waals surface area (Å²) in [7, 11) is 3.43. The SMILES string of the molecule is COc1cc(C2(C)COC2)c(OC)c(C)c1C. The quantitative estimate of drug-likeness (QED) is 0.807. The lowest BCUT2D eigenvalue weighted by atomic mass is 9.78. The number of ether oxygens (including phenoxy) is 3. The van der Waals surface area contributed by atoms with Gasteiger partial charge in [0.2, 0.25) is 0 Å². The van der Waals surface area contributed by atoms with Crippen LogP contribution in [-0.2, 0) is 10.2 Å². The predicted octanol–water partition coefficient (Wildman–Crippen LogP) is 2.61. The largest absolute Gasteiger partial charge is 0.496 e. The Morgan fingerprint density at radius 1 is 1.12 bits per heavy atom. The van der Waals surface area contributed by atoms with Gasteiger partial charge in [-0.2, -0.15) is 0 Å². The van der Waals surface area contributed by atoms with Gasteiger partial charge in [0.1, 0.15) is 11.5 Å². The third-order valence-electron chi connectivity index (χ3n) is 3.71. The second-order valence-corrected chi connectivity index (χ2v) is 4.96. The van der Waals surface area contributed by atoms with Crippen molar-refractivity contribution < 1.29 is 14.2 Å². The van der Waals surface area contributed by atoms with Gasteiger partial charge in [-0.05, 0) is 31.0 Å². The molecule has 94 valence electrons. The minimum absolute atomic E-state index is 0.0527. The van der Waals surface area contributed by atoms with Crippen LogP contribution in [0.3, 0.4) is 0 Å². The van der Waals surface area contributed by atoms with Crippen molar-refractivity contribution in [1.82, 2.24) is 0 Å². The van der Waals surface area contributed by atoms with Crippen LogP contribution in [0.25, 0.3) is 0 Å². The maximum Gasteiger partial charge on any atom is 0.126 e. The highest BCUT2D eigenvalue weighted by atomic mass is 16.5. The molecule has 1 aromatic carbocycles. The summed E-state index contributed by atoms with van der Waals surface area (Å²) >= 11 is 0. The number of methoxy groups -OCH3 is 2. The van der Waals surface area contributed by atoms with Gasteiger partial charge in [-0.15, -0.1) is 0 Å². The molecule has 0 N–H and O–H groups in total. The molecule has 0 atom stereocenters. The average molecular weight is 236 g/mol. The summed E-state index contributed by atoms with van der Waals surface area (Å²) in [6, 6.07) is 2.09. The van der Waals surface area contributed by atoms with Gasteiger partial charge in [-0.1, -0.05) is 6.92 Å².